The maximum absolute atomic E-state index is 6.15. The average Bonchev–Trinajstić information content (AvgIpc) is 2.49. The summed E-state index contributed by atoms with van der Waals surface area (Å²) in [5, 5.41) is 1.98. The van der Waals surface area contributed by atoms with Crippen LogP contribution in [0.15, 0.2) is 59.3 Å². The van der Waals surface area contributed by atoms with E-state index in [1.54, 1.807) is 12.4 Å². The van der Waals surface area contributed by atoms with Crippen molar-refractivity contribution in [1.29, 1.82) is 0 Å². The molecule has 1 aromatic heterocycles. The van der Waals surface area contributed by atoms with Gasteiger partial charge in [0.25, 0.3) is 0 Å². The fourth-order valence-corrected chi connectivity index (χ4v) is 2.30. The monoisotopic (exact) mass is 328 g/mol. The molecule has 0 aliphatic heterocycles. The lowest BCUT2D eigenvalue weighted by atomic mass is 10.1. The number of aromatic nitrogens is 1. The normalized spacial score (nSPS) is 10.7. The largest absolute Gasteiger partial charge is 0.487 e. The number of pyridine rings is 1. The lowest BCUT2D eigenvalue weighted by Crippen LogP contribution is -1.99. The minimum Gasteiger partial charge on any atom is -0.487 e. The molecule has 0 aliphatic carbocycles. The molecule has 0 fully saturated rings. The molecule has 20 heavy (non-hydrogen) atoms. The topological polar surface area (TPSA) is 48.1 Å². The zero-order chi connectivity index (χ0) is 13.9. The van der Waals surface area contributed by atoms with Crippen LogP contribution in [-0.4, -0.2) is 4.98 Å². The second kappa shape index (κ2) is 5.51. The lowest BCUT2D eigenvalue weighted by molar-refractivity contribution is 0.308. The molecule has 0 aliphatic rings. The molecule has 1 heterocycles. The summed E-state index contributed by atoms with van der Waals surface area (Å²) in [6, 6.07) is 13.8. The zero-order valence-corrected chi connectivity index (χ0v) is 12.3. The highest BCUT2D eigenvalue weighted by Gasteiger charge is 2.05. The summed E-state index contributed by atoms with van der Waals surface area (Å²) >= 11 is 3.41. The van der Waals surface area contributed by atoms with Crippen LogP contribution in [-0.2, 0) is 6.61 Å². The molecule has 0 saturated heterocycles. The van der Waals surface area contributed by atoms with Crippen LogP contribution >= 0.6 is 15.9 Å². The summed E-state index contributed by atoms with van der Waals surface area (Å²) in [5.41, 5.74) is 7.90. The number of halogens is 1. The highest BCUT2D eigenvalue weighted by molar-refractivity contribution is 9.10. The van der Waals surface area contributed by atoms with Gasteiger partial charge in [0.15, 0.2) is 0 Å². The third-order valence-electron chi connectivity index (χ3n) is 3.13. The first-order valence-corrected chi connectivity index (χ1v) is 7.03. The van der Waals surface area contributed by atoms with Gasteiger partial charge in [-0.2, -0.15) is 0 Å². The molecular weight excluding hydrogens is 316 g/mol. The fraction of sp³-hybridized carbons (Fsp3) is 0.0625. The molecule has 3 rings (SSSR count). The minimum atomic E-state index is 0.494. The van der Waals surface area contributed by atoms with E-state index in [2.05, 4.69) is 20.9 Å². The molecule has 0 radical (unpaired) electrons. The number of nitrogen functional groups attached to an aromatic ring is 1. The fourth-order valence-electron chi connectivity index (χ4n) is 2.04. The van der Waals surface area contributed by atoms with Gasteiger partial charge in [0.1, 0.15) is 12.4 Å². The van der Waals surface area contributed by atoms with Crippen molar-refractivity contribution >= 4 is 32.4 Å². The Labute approximate surface area is 125 Å². The first-order valence-electron chi connectivity index (χ1n) is 6.23. The van der Waals surface area contributed by atoms with Crippen molar-refractivity contribution in [3.8, 4) is 5.75 Å². The van der Waals surface area contributed by atoms with Crippen molar-refractivity contribution in [2.24, 2.45) is 0 Å². The van der Waals surface area contributed by atoms with Gasteiger partial charge >= 0.3 is 0 Å². The van der Waals surface area contributed by atoms with Crippen molar-refractivity contribution in [2.75, 3.05) is 5.73 Å². The molecule has 4 heteroatoms. The summed E-state index contributed by atoms with van der Waals surface area (Å²) in [4.78, 5) is 4.08. The van der Waals surface area contributed by atoms with E-state index >= 15 is 0 Å². The maximum Gasteiger partial charge on any atom is 0.143 e. The van der Waals surface area contributed by atoms with Gasteiger partial charge in [-0.3, -0.25) is 4.98 Å². The first kappa shape index (κ1) is 12.9. The van der Waals surface area contributed by atoms with Crippen LogP contribution in [0.4, 0.5) is 5.69 Å². The van der Waals surface area contributed by atoms with Gasteiger partial charge in [-0.15, -0.1) is 0 Å². The van der Waals surface area contributed by atoms with Crippen LogP contribution in [0.2, 0.25) is 0 Å². The highest BCUT2D eigenvalue weighted by atomic mass is 79.9. The summed E-state index contributed by atoms with van der Waals surface area (Å²) in [5.74, 6) is 0.701. The van der Waals surface area contributed by atoms with Gasteiger partial charge in [0, 0.05) is 27.6 Å². The Balaban J connectivity index is 1.84. The van der Waals surface area contributed by atoms with Crippen LogP contribution in [0.1, 0.15) is 5.56 Å². The number of rotatable bonds is 3. The summed E-state index contributed by atoms with van der Waals surface area (Å²) in [6.07, 6.45) is 3.53. The Morgan fingerprint density at radius 1 is 1.05 bits per heavy atom. The number of hydrogen-bond donors (Lipinski definition) is 1. The smallest absolute Gasteiger partial charge is 0.143 e. The number of anilines is 1. The van der Waals surface area contributed by atoms with Gasteiger partial charge in [-0.05, 0) is 35.9 Å². The number of nitrogens with zero attached hydrogens (tertiary/aromatic N) is 1. The third kappa shape index (κ3) is 2.60. The van der Waals surface area contributed by atoms with Crippen LogP contribution in [0.5, 0.6) is 5.75 Å². The van der Waals surface area contributed by atoms with Crippen LogP contribution in [0.3, 0.4) is 0 Å². The number of nitrogens with two attached hydrogens (primary N) is 1. The van der Waals surface area contributed by atoms with E-state index in [4.69, 9.17) is 10.5 Å². The van der Waals surface area contributed by atoms with E-state index in [0.29, 0.717) is 18.0 Å². The number of ether oxygens (including phenoxy) is 1. The van der Waals surface area contributed by atoms with Crippen molar-refractivity contribution in [3.63, 3.8) is 0 Å². The molecule has 0 spiro atoms. The van der Waals surface area contributed by atoms with Gasteiger partial charge < -0.3 is 10.5 Å². The second-order valence-electron chi connectivity index (χ2n) is 4.49. The molecule has 0 bridgehead atoms. The highest BCUT2D eigenvalue weighted by Crippen LogP contribution is 2.30. The Bertz CT molecular complexity index is 741. The van der Waals surface area contributed by atoms with E-state index < -0.39 is 0 Å². The maximum atomic E-state index is 6.15. The molecule has 3 nitrogen and oxygen atoms in total. The van der Waals surface area contributed by atoms with E-state index in [9.17, 15) is 0 Å². The Hall–Kier alpha value is -2.07. The Kier molecular flexibility index (Phi) is 3.56. The zero-order valence-electron chi connectivity index (χ0n) is 10.7. The first-order chi connectivity index (χ1) is 9.74. The average molecular weight is 329 g/mol. The van der Waals surface area contributed by atoms with Gasteiger partial charge in [0.2, 0.25) is 0 Å². The SMILES string of the molecule is Nc1c(OCc2ccc(Br)cc2)ccc2cnccc12. The lowest BCUT2D eigenvalue weighted by Gasteiger charge is -2.11. The van der Waals surface area contributed by atoms with Gasteiger partial charge in [0.05, 0.1) is 5.69 Å². The molecule has 2 aromatic carbocycles. The van der Waals surface area contributed by atoms with E-state index in [0.717, 1.165) is 20.8 Å². The predicted octanol–water partition coefficient (Wildman–Crippen LogP) is 4.16. The van der Waals surface area contributed by atoms with E-state index in [1.165, 1.54) is 0 Å². The molecule has 3 aromatic rings. The third-order valence-corrected chi connectivity index (χ3v) is 3.66. The van der Waals surface area contributed by atoms with Crippen molar-refractivity contribution in [1.82, 2.24) is 4.98 Å². The Morgan fingerprint density at radius 3 is 2.65 bits per heavy atom. The van der Waals surface area contributed by atoms with Crippen LogP contribution in [0.25, 0.3) is 10.8 Å². The van der Waals surface area contributed by atoms with Crippen molar-refractivity contribution in [3.05, 3.63) is 64.9 Å². The van der Waals surface area contributed by atoms with Crippen LogP contribution < -0.4 is 10.5 Å². The summed E-state index contributed by atoms with van der Waals surface area (Å²) in [6.45, 7) is 0.494. The summed E-state index contributed by atoms with van der Waals surface area (Å²) in [7, 11) is 0. The van der Waals surface area contributed by atoms with Crippen LogP contribution in [0, 0.1) is 0 Å². The molecule has 0 atom stereocenters. The molecule has 0 saturated carbocycles. The number of fused-ring (bicyclic) bond motifs is 1. The van der Waals surface area contributed by atoms with Gasteiger partial charge in [-0.1, -0.05) is 28.1 Å². The van der Waals surface area contributed by atoms with E-state index in [-0.39, 0.29) is 0 Å². The molecule has 100 valence electrons. The molecule has 0 unspecified atom stereocenters. The van der Waals surface area contributed by atoms with Crippen molar-refractivity contribution < 1.29 is 4.74 Å². The predicted molar refractivity (Wildman–Crippen MR) is 84.6 cm³/mol. The van der Waals surface area contributed by atoms with Gasteiger partial charge in [-0.25, -0.2) is 0 Å². The standard InChI is InChI=1S/C16H13BrN2O/c17-13-4-1-11(2-5-13)10-20-15-6-3-12-9-19-8-7-14(12)16(15)18/h1-9H,10,18H2. The number of hydrogen-bond acceptors (Lipinski definition) is 3. The molecule has 0 amide bonds. The molecule has 2 N–H and O–H groups in total. The van der Waals surface area contributed by atoms with Crippen molar-refractivity contribution in [2.45, 2.75) is 6.61 Å². The number of benzene rings is 2. The van der Waals surface area contributed by atoms with E-state index in [1.807, 2.05) is 42.5 Å². The second-order valence-corrected chi connectivity index (χ2v) is 5.41. The quantitative estimate of drug-likeness (QED) is 0.734. The Morgan fingerprint density at radius 2 is 1.85 bits per heavy atom. The molecular formula is C16H13BrN2O. The minimum absolute atomic E-state index is 0.494. The summed E-state index contributed by atoms with van der Waals surface area (Å²) < 4.78 is 6.86.